The third-order valence-electron chi connectivity index (χ3n) is 3.79. The van der Waals surface area contributed by atoms with E-state index < -0.39 is 5.97 Å². The lowest BCUT2D eigenvalue weighted by Gasteiger charge is -2.19. The molecule has 3 nitrogen and oxygen atoms in total. The lowest BCUT2D eigenvalue weighted by molar-refractivity contribution is 0.0697. The Hall–Kier alpha value is -1.22. The number of anilines is 1. The highest BCUT2D eigenvalue weighted by Crippen LogP contribution is 2.46. The minimum atomic E-state index is -0.974. The Bertz CT molecular complexity index is 469. The molecule has 96 valence electrons. The van der Waals surface area contributed by atoms with Crippen LogP contribution in [0.15, 0.2) is 18.2 Å². The number of benzene rings is 1. The predicted octanol–water partition coefficient (Wildman–Crippen LogP) is 3.64. The van der Waals surface area contributed by atoms with Crippen LogP contribution in [-0.4, -0.2) is 17.1 Å². The van der Waals surface area contributed by atoms with Crippen LogP contribution in [0.2, 0.25) is 5.02 Å². The molecule has 18 heavy (non-hydrogen) atoms. The van der Waals surface area contributed by atoms with Gasteiger partial charge in [0.1, 0.15) is 0 Å². The molecule has 1 aromatic carbocycles. The van der Waals surface area contributed by atoms with Crippen molar-refractivity contribution in [2.24, 2.45) is 11.8 Å². The summed E-state index contributed by atoms with van der Waals surface area (Å²) in [5.41, 5.74) is 1.05. The molecule has 0 atom stereocenters. The van der Waals surface area contributed by atoms with Gasteiger partial charge in [-0.15, -0.1) is 0 Å². The van der Waals surface area contributed by atoms with Gasteiger partial charge >= 0.3 is 5.97 Å². The van der Waals surface area contributed by atoms with Gasteiger partial charge in [0.05, 0.1) is 10.6 Å². The minimum absolute atomic E-state index is 0.173. The molecule has 0 bridgehead atoms. The summed E-state index contributed by atoms with van der Waals surface area (Å²) in [6.45, 7) is 0. The molecule has 2 aliphatic carbocycles. The van der Waals surface area contributed by atoms with Crippen molar-refractivity contribution in [3.05, 3.63) is 28.8 Å². The molecule has 0 heterocycles. The number of carboxylic acid groups (broad SMARTS) is 1. The molecule has 2 fully saturated rings. The molecule has 0 unspecified atom stereocenters. The van der Waals surface area contributed by atoms with Crippen LogP contribution in [0.3, 0.4) is 0 Å². The number of hydrogen-bond donors (Lipinski definition) is 2. The minimum Gasteiger partial charge on any atom is -0.478 e. The Morgan fingerprint density at radius 2 is 1.89 bits per heavy atom. The number of halogens is 1. The molecule has 2 aliphatic rings. The maximum absolute atomic E-state index is 11.0. The van der Waals surface area contributed by atoms with Gasteiger partial charge in [0, 0.05) is 11.7 Å². The highest BCUT2D eigenvalue weighted by molar-refractivity contribution is 6.33. The Kier molecular flexibility index (Phi) is 2.94. The normalized spacial score (nSPS) is 19.0. The summed E-state index contributed by atoms with van der Waals surface area (Å²) in [6.07, 6.45) is 5.20. The fourth-order valence-corrected chi connectivity index (χ4v) is 2.70. The van der Waals surface area contributed by atoms with Gasteiger partial charge in [-0.25, -0.2) is 4.79 Å². The predicted molar refractivity (Wildman–Crippen MR) is 71.3 cm³/mol. The van der Waals surface area contributed by atoms with Crippen LogP contribution in [0.25, 0.3) is 0 Å². The summed E-state index contributed by atoms with van der Waals surface area (Å²) in [5.74, 6) is 0.584. The monoisotopic (exact) mass is 265 g/mol. The van der Waals surface area contributed by atoms with Crippen LogP contribution in [0.1, 0.15) is 36.0 Å². The summed E-state index contributed by atoms with van der Waals surface area (Å²) in [7, 11) is 0. The van der Waals surface area contributed by atoms with Crippen LogP contribution in [-0.2, 0) is 0 Å². The number of carbonyl (C=O) groups is 1. The van der Waals surface area contributed by atoms with Crippen LogP contribution in [0.4, 0.5) is 5.69 Å². The zero-order valence-corrected chi connectivity index (χ0v) is 10.8. The highest BCUT2D eigenvalue weighted by atomic mass is 35.5. The number of carboxylic acids is 1. The van der Waals surface area contributed by atoms with Crippen molar-refractivity contribution in [2.75, 3.05) is 5.32 Å². The topological polar surface area (TPSA) is 49.3 Å². The maximum Gasteiger partial charge on any atom is 0.337 e. The summed E-state index contributed by atoms with van der Waals surface area (Å²) in [5, 5.41) is 12.9. The molecular formula is C14H16ClNO2. The lowest BCUT2D eigenvalue weighted by atomic mass is 10.1. The van der Waals surface area contributed by atoms with Crippen molar-refractivity contribution in [3.8, 4) is 0 Å². The van der Waals surface area contributed by atoms with Crippen molar-refractivity contribution < 1.29 is 9.90 Å². The largest absolute Gasteiger partial charge is 0.478 e. The molecule has 0 spiro atoms. The van der Waals surface area contributed by atoms with Gasteiger partial charge in [-0.2, -0.15) is 0 Å². The van der Waals surface area contributed by atoms with E-state index in [2.05, 4.69) is 5.32 Å². The van der Waals surface area contributed by atoms with E-state index in [0.717, 1.165) is 17.5 Å². The summed E-state index contributed by atoms with van der Waals surface area (Å²) in [4.78, 5) is 11.0. The van der Waals surface area contributed by atoms with Crippen LogP contribution in [0.5, 0.6) is 0 Å². The Balaban J connectivity index is 1.78. The van der Waals surface area contributed by atoms with Crippen LogP contribution in [0, 0.1) is 11.8 Å². The molecule has 3 rings (SSSR count). The summed E-state index contributed by atoms with van der Waals surface area (Å²) < 4.78 is 0. The van der Waals surface area contributed by atoms with E-state index in [1.54, 1.807) is 12.1 Å². The average molecular weight is 266 g/mol. The summed E-state index contributed by atoms with van der Waals surface area (Å²) in [6, 6.07) is 5.69. The maximum atomic E-state index is 11.0. The van der Waals surface area contributed by atoms with E-state index >= 15 is 0 Å². The highest BCUT2D eigenvalue weighted by Gasteiger charge is 2.41. The van der Waals surface area contributed by atoms with Crippen molar-refractivity contribution in [2.45, 2.75) is 31.7 Å². The van der Waals surface area contributed by atoms with Gasteiger partial charge in [0.25, 0.3) is 0 Å². The van der Waals surface area contributed by atoms with Crippen molar-refractivity contribution in [3.63, 3.8) is 0 Å². The van der Waals surface area contributed by atoms with Gasteiger partial charge in [-0.1, -0.05) is 11.6 Å². The second kappa shape index (κ2) is 4.47. The van der Waals surface area contributed by atoms with E-state index in [1.807, 2.05) is 6.07 Å². The van der Waals surface area contributed by atoms with E-state index in [4.69, 9.17) is 16.7 Å². The van der Waals surface area contributed by atoms with Crippen molar-refractivity contribution in [1.29, 1.82) is 0 Å². The number of rotatable bonds is 5. The first-order valence-electron chi connectivity index (χ1n) is 6.44. The third-order valence-corrected chi connectivity index (χ3v) is 4.12. The molecule has 2 N–H and O–H groups in total. The average Bonchev–Trinajstić information content (AvgIpc) is 3.20. The second-order valence-corrected chi connectivity index (χ2v) is 5.75. The van der Waals surface area contributed by atoms with E-state index in [1.165, 1.54) is 25.7 Å². The van der Waals surface area contributed by atoms with Gasteiger partial charge in [-0.05, 0) is 55.7 Å². The van der Waals surface area contributed by atoms with Gasteiger partial charge in [0.15, 0.2) is 0 Å². The molecule has 1 aromatic rings. The fourth-order valence-electron chi connectivity index (χ4n) is 2.50. The summed E-state index contributed by atoms with van der Waals surface area (Å²) >= 11 is 5.87. The lowest BCUT2D eigenvalue weighted by Crippen LogP contribution is -2.24. The van der Waals surface area contributed by atoms with Gasteiger partial charge in [0.2, 0.25) is 0 Å². The van der Waals surface area contributed by atoms with Crippen LogP contribution >= 0.6 is 11.6 Å². The number of aromatic carboxylic acids is 1. The molecular weight excluding hydrogens is 250 g/mol. The zero-order valence-electron chi connectivity index (χ0n) is 10.0. The molecule has 2 saturated carbocycles. The van der Waals surface area contributed by atoms with Crippen molar-refractivity contribution >= 4 is 23.3 Å². The number of hydrogen-bond acceptors (Lipinski definition) is 2. The molecule has 0 saturated heterocycles. The smallest absolute Gasteiger partial charge is 0.337 e. The van der Waals surface area contributed by atoms with E-state index in [-0.39, 0.29) is 5.56 Å². The Morgan fingerprint density at radius 1 is 1.28 bits per heavy atom. The van der Waals surface area contributed by atoms with E-state index in [0.29, 0.717) is 11.1 Å². The van der Waals surface area contributed by atoms with Crippen LogP contribution < -0.4 is 5.32 Å². The second-order valence-electron chi connectivity index (χ2n) is 5.34. The third kappa shape index (κ3) is 2.46. The fraction of sp³-hybridized carbons (Fsp3) is 0.500. The van der Waals surface area contributed by atoms with Gasteiger partial charge in [-0.3, -0.25) is 0 Å². The SMILES string of the molecule is O=C(O)c1cc(NC(C2CC2)C2CC2)ccc1Cl. The molecule has 0 aromatic heterocycles. The van der Waals surface area contributed by atoms with Crippen molar-refractivity contribution in [1.82, 2.24) is 0 Å². The first-order chi connectivity index (χ1) is 8.65. The number of nitrogens with one attached hydrogen (secondary N) is 1. The molecule has 4 heteroatoms. The first kappa shape index (κ1) is 11.8. The molecule has 0 radical (unpaired) electrons. The standard InChI is InChI=1S/C14H16ClNO2/c15-12-6-5-10(7-11(12)14(17)18)16-13(8-1-2-8)9-3-4-9/h5-9,13,16H,1-4H2,(H,17,18). The quantitative estimate of drug-likeness (QED) is 0.855. The van der Waals surface area contributed by atoms with E-state index in [9.17, 15) is 4.79 Å². The zero-order chi connectivity index (χ0) is 12.7. The first-order valence-corrected chi connectivity index (χ1v) is 6.82. The Morgan fingerprint density at radius 3 is 2.39 bits per heavy atom. The molecule has 0 amide bonds. The Labute approximate surface area is 111 Å². The molecule has 0 aliphatic heterocycles. The van der Waals surface area contributed by atoms with Gasteiger partial charge < -0.3 is 10.4 Å².